The summed E-state index contributed by atoms with van der Waals surface area (Å²) in [5.74, 6) is -0.853. The lowest BCUT2D eigenvalue weighted by Crippen LogP contribution is -2.29. The lowest BCUT2D eigenvalue weighted by atomic mass is 9.96. The SMILES string of the molecule is O=C(O)C(O)Nc1cc(Cl)ccc1OC1CCC1. The Morgan fingerprint density at radius 3 is 2.78 bits per heavy atom. The number of carboxylic acid groups (broad SMARTS) is 1. The summed E-state index contributed by atoms with van der Waals surface area (Å²) in [5, 5.41) is 20.8. The number of carbonyl (C=O) groups is 1. The van der Waals surface area contributed by atoms with Gasteiger partial charge in [-0.05, 0) is 37.5 Å². The second kappa shape index (κ2) is 5.46. The van der Waals surface area contributed by atoms with E-state index in [1.165, 1.54) is 6.07 Å². The number of aliphatic carboxylic acids is 1. The van der Waals surface area contributed by atoms with E-state index in [0.717, 1.165) is 19.3 Å². The van der Waals surface area contributed by atoms with Crippen LogP contribution >= 0.6 is 11.6 Å². The van der Waals surface area contributed by atoms with E-state index < -0.39 is 12.2 Å². The van der Waals surface area contributed by atoms with Crippen molar-refractivity contribution in [3.05, 3.63) is 23.2 Å². The average Bonchev–Trinajstić information content (AvgIpc) is 2.25. The highest BCUT2D eigenvalue weighted by molar-refractivity contribution is 6.30. The third kappa shape index (κ3) is 3.05. The van der Waals surface area contributed by atoms with Crippen LogP contribution in [0.4, 0.5) is 5.69 Å². The zero-order valence-electron chi connectivity index (χ0n) is 9.60. The predicted octanol–water partition coefficient (Wildman–Crippen LogP) is 2.09. The number of carboxylic acids is 1. The minimum absolute atomic E-state index is 0.161. The molecule has 0 aliphatic heterocycles. The van der Waals surface area contributed by atoms with Gasteiger partial charge in [-0.3, -0.25) is 0 Å². The van der Waals surface area contributed by atoms with E-state index in [9.17, 15) is 9.90 Å². The van der Waals surface area contributed by atoms with Crippen molar-refractivity contribution in [1.29, 1.82) is 0 Å². The molecule has 1 atom stereocenters. The fourth-order valence-electron chi connectivity index (χ4n) is 1.60. The molecule has 0 amide bonds. The van der Waals surface area contributed by atoms with Crippen LogP contribution in [0.25, 0.3) is 0 Å². The summed E-state index contributed by atoms with van der Waals surface area (Å²) in [7, 11) is 0. The molecule has 2 rings (SSSR count). The topological polar surface area (TPSA) is 78.8 Å². The molecule has 1 aromatic carbocycles. The van der Waals surface area contributed by atoms with Crippen LogP contribution < -0.4 is 10.1 Å². The molecule has 0 aromatic heterocycles. The number of halogens is 1. The van der Waals surface area contributed by atoms with E-state index in [-0.39, 0.29) is 6.10 Å². The molecule has 1 fully saturated rings. The number of rotatable bonds is 5. The average molecular weight is 272 g/mol. The van der Waals surface area contributed by atoms with E-state index in [0.29, 0.717) is 16.5 Å². The highest BCUT2D eigenvalue weighted by Gasteiger charge is 2.22. The first-order valence-corrected chi connectivity index (χ1v) is 6.07. The van der Waals surface area contributed by atoms with Crippen molar-refractivity contribution >= 4 is 23.3 Å². The largest absolute Gasteiger partial charge is 0.488 e. The Kier molecular flexibility index (Phi) is 3.93. The van der Waals surface area contributed by atoms with E-state index in [4.69, 9.17) is 21.4 Å². The number of anilines is 1. The molecule has 0 spiro atoms. The van der Waals surface area contributed by atoms with E-state index in [2.05, 4.69) is 5.32 Å². The Labute approximate surface area is 109 Å². The number of nitrogens with one attached hydrogen (secondary N) is 1. The minimum Gasteiger partial charge on any atom is -0.488 e. The minimum atomic E-state index is -1.69. The highest BCUT2D eigenvalue weighted by atomic mass is 35.5. The summed E-state index contributed by atoms with van der Waals surface area (Å²) >= 11 is 5.84. The monoisotopic (exact) mass is 271 g/mol. The smallest absolute Gasteiger partial charge is 0.353 e. The van der Waals surface area contributed by atoms with Crippen LogP contribution in [-0.4, -0.2) is 28.5 Å². The van der Waals surface area contributed by atoms with Gasteiger partial charge in [0.25, 0.3) is 0 Å². The first-order chi connectivity index (χ1) is 8.56. The Hall–Kier alpha value is -1.46. The van der Waals surface area contributed by atoms with Crippen molar-refractivity contribution in [3.8, 4) is 5.75 Å². The van der Waals surface area contributed by atoms with Gasteiger partial charge >= 0.3 is 5.97 Å². The van der Waals surface area contributed by atoms with Gasteiger partial charge in [-0.15, -0.1) is 0 Å². The summed E-state index contributed by atoms with van der Waals surface area (Å²) in [6.07, 6.45) is 1.59. The molecule has 5 nitrogen and oxygen atoms in total. The van der Waals surface area contributed by atoms with Crippen molar-refractivity contribution in [2.45, 2.75) is 31.6 Å². The van der Waals surface area contributed by atoms with Crippen molar-refractivity contribution in [3.63, 3.8) is 0 Å². The van der Waals surface area contributed by atoms with Crippen molar-refractivity contribution in [2.75, 3.05) is 5.32 Å². The van der Waals surface area contributed by atoms with Crippen LogP contribution in [0.15, 0.2) is 18.2 Å². The summed E-state index contributed by atoms with van der Waals surface area (Å²) < 4.78 is 5.69. The number of aliphatic hydroxyl groups excluding tert-OH is 1. The molecule has 0 heterocycles. The lowest BCUT2D eigenvalue weighted by molar-refractivity contribution is -0.145. The highest BCUT2D eigenvalue weighted by Crippen LogP contribution is 2.32. The zero-order valence-corrected chi connectivity index (χ0v) is 10.4. The lowest BCUT2D eigenvalue weighted by Gasteiger charge is -2.27. The van der Waals surface area contributed by atoms with Gasteiger partial charge in [0.1, 0.15) is 5.75 Å². The number of benzene rings is 1. The second-order valence-corrected chi connectivity index (χ2v) is 4.63. The molecule has 1 aliphatic carbocycles. The molecule has 1 saturated carbocycles. The van der Waals surface area contributed by atoms with E-state index in [1.54, 1.807) is 12.1 Å². The van der Waals surface area contributed by atoms with Gasteiger partial charge in [0.05, 0.1) is 11.8 Å². The van der Waals surface area contributed by atoms with E-state index >= 15 is 0 Å². The molecule has 6 heteroatoms. The molecule has 0 bridgehead atoms. The third-order valence-corrected chi connectivity index (χ3v) is 3.05. The van der Waals surface area contributed by atoms with Crippen LogP contribution in [0.1, 0.15) is 19.3 Å². The number of aliphatic hydroxyl groups is 1. The van der Waals surface area contributed by atoms with E-state index in [1.807, 2.05) is 0 Å². The van der Waals surface area contributed by atoms with Crippen molar-refractivity contribution < 1.29 is 19.7 Å². The molecular weight excluding hydrogens is 258 g/mol. The van der Waals surface area contributed by atoms with Gasteiger partial charge in [0.15, 0.2) is 0 Å². The standard InChI is InChI=1S/C12H14ClNO4/c13-7-4-5-10(18-8-2-1-3-8)9(6-7)14-11(15)12(16)17/h4-6,8,11,14-15H,1-3H2,(H,16,17). The van der Waals surface area contributed by atoms with Crippen LogP contribution in [0.3, 0.4) is 0 Å². The molecule has 1 aromatic rings. The van der Waals surface area contributed by atoms with Gasteiger partial charge in [-0.1, -0.05) is 11.6 Å². The predicted molar refractivity (Wildman–Crippen MR) is 67.0 cm³/mol. The van der Waals surface area contributed by atoms with Gasteiger partial charge in [-0.25, -0.2) is 4.79 Å². The zero-order chi connectivity index (χ0) is 13.1. The molecule has 0 radical (unpaired) electrons. The van der Waals surface area contributed by atoms with Gasteiger partial charge < -0.3 is 20.3 Å². The fourth-order valence-corrected chi connectivity index (χ4v) is 1.77. The molecule has 18 heavy (non-hydrogen) atoms. The number of hydrogen-bond donors (Lipinski definition) is 3. The van der Waals surface area contributed by atoms with Gasteiger partial charge in [-0.2, -0.15) is 0 Å². The molecule has 98 valence electrons. The van der Waals surface area contributed by atoms with Crippen molar-refractivity contribution in [2.24, 2.45) is 0 Å². The first-order valence-electron chi connectivity index (χ1n) is 5.70. The maximum absolute atomic E-state index is 10.6. The normalized spacial score (nSPS) is 16.8. The maximum atomic E-state index is 10.6. The molecule has 1 unspecified atom stereocenters. The molecule has 0 saturated heterocycles. The molecule has 1 aliphatic rings. The summed E-state index contributed by atoms with van der Waals surface area (Å²) in [4.78, 5) is 10.6. The Morgan fingerprint density at radius 1 is 1.50 bits per heavy atom. The second-order valence-electron chi connectivity index (χ2n) is 4.20. The van der Waals surface area contributed by atoms with Gasteiger partial charge in [0, 0.05) is 5.02 Å². The summed E-state index contributed by atoms with van der Waals surface area (Å²) in [6, 6.07) is 4.85. The number of hydrogen-bond acceptors (Lipinski definition) is 4. The Balaban J connectivity index is 2.14. The van der Waals surface area contributed by atoms with Crippen LogP contribution in [0.2, 0.25) is 5.02 Å². The molecular formula is C12H14ClNO4. The third-order valence-electron chi connectivity index (χ3n) is 2.81. The van der Waals surface area contributed by atoms with Crippen molar-refractivity contribution in [1.82, 2.24) is 0 Å². The van der Waals surface area contributed by atoms with Gasteiger partial charge in [0.2, 0.25) is 6.23 Å². The maximum Gasteiger partial charge on any atom is 0.353 e. The Bertz CT molecular complexity index is 448. The summed E-state index contributed by atoms with van der Waals surface area (Å²) in [6.45, 7) is 0. The Morgan fingerprint density at radius 2 is 2.22 bits per heavy atom. The van der Waals surface area contributed by atoms with Crippen LogP contribution in [-0.2, 0) is 4.79 Å². The summed E-state index contributed by atoms with van der Waals surface area (Å²) in [5.41, 5.74) is 0.379. The van der Waals surface area contributed by atoms with Crippen LogP contribution in [0, 0.1) is 0 Å². The van der Waals surface area contributed by atoms with Crippen LogP contribution in [0.5, 0.6) is 5.75 Å². The first kappa shape index (κ1) is 13.0. The number of ether oxygens (including phenoxy) is 1. The quantitative estimate of drug-likeness (QED) is 0.715. The fraction of sp³-hybridized carbons (Fsp3) is 0.417. The molecule has 3 N–H and O–H groups in total.